The van der Waals surface area contributed by atoms with Crippen molar-refractivity contribution in [2.24, 2.45) is 11.5 Å². The van der Waals surface area contributed by atoms with Gasteiger partial charge in [-0.2, -0.15) is 0 Å². The molecule has 1 atom stereocenters. The summed E-state index contributed by atoms with van der Waals surface area (Å²) in [4.78, 5) is 0. The molecule has 3 heteroatoms. The lowest BCUT2D eigenvalue weighted by Crippen LogP contribution is -2.17. The fourth-order valence-corrected chi connectivity index (χ4v) is 2.26. The predicted octanol–water partition coefficient (Wildman–Crippen LogP) is 2.59. The van der Waals surface area contributed by atoms with Crippen LogP contribution in [-0.4, -0.2) is 13.2 Å². The molecule has 0 radical (unpaired) electrons. The molecule has 0 saturated heterocycles. The van der Waals surface area contributed by atoms with Gasteiger partial charge in [0.2, 0.25) is 0 Å². The van der Waals surface area contributed by atoms with E-state index in [-0.39, 0.29) is 6.04 Å². The van der Waals surface area contributed by atoms with Crippen LogP contribution < -0.4 is 16.2 Å². The van der Waals surface area contributed by atoms with Crippen LogP contribution in [0.1, 0.15) is 24.9 Å². The van der Waals surface area contributed by atoms with Gasteiger partial charge in [0.1, 0.15) is 5.75 Å². The molecule has 0 saturated carbocycles. The third kappa shape index (κ3) is 2.47. The number of rotatable bonds is 5. The molecule has 2 rings (SSSR count). The van der Waals surface area contributed by atoms with E-state index >= 15 is 0 Å². The van der Waals surface area contributed by atoms with Gasteiger partial charge in [0.05, 0.1) is 6.61 Å². The summed E-state index contributed by atoms with van der Waals surface area (Å²) in [5.74, 6) is 0.872. The molecular weight excluding hydrogens is 224 g/mol. The molecule has 0 spiro atoms. The van der Waals surface area contributed by atoms with Crippen molar-refractivity contribution in [1.82, 2.24) is 0 Å². The average molecular weight is 244 g/mol. The van der Waals surface area contributed by atoms with E-state index in [0.29, 0.717) is 13.2 Å². The molecule has 0 aliphatic carbocycles. The zero-order valence-corrected chi connectivity index (χ0v) is 10.7. The number of benzene rings is 2. The third-order valence-electron chi connectivity index (χ3n) is 3.08. The van der Waals surface area contributed by atoms with Gasteiger partial charge in [0, 0.05) is 11.6 Å². The Balaban J connectivity index is 2.58. The Kier molecular flexibility index (Phi) is 4.18. The SMILES string of the molecule is CCOc1ccc2ccccc2c1[C@@H](N)CCN. The summed E-state index contributed by atoms with van der Waals surface area (Å²) in [5, 5.41) is 2.34. The van der Waals surface area contributed by atoms with E-state index in [9.17, 15) is 0 Å². The number of hydrogen-bond donors (Lipinski definition) is 2. The largest absolute Gasteiger partial charge is 0.494 e. The van der Waals surface area contributed by atoms with Crippen LogP contribution in [0.2, 0.25) is 0 Å². The minimum atomic E-state index is -0.0809. The second-order valence-corrected chi connectivity index (χ2v) is 4.32. The van der Waals surface area contributed by atoms with Gasteiger partial charge in [-0.05, 0) is 36.7 Å². The van der Waals surface area contributed by atoms with E-state index in [1.54, 1.807) is 0 Å². The maximum atomic E-state index is 6.24. The molecule has 0 aliphatic rings. The monoisotopic (exact) mass is 244 g/mol. The maximum absolute atomic E-state index is 6.24. The lowest BCUT2D eigenvalue weighted by molar-refractivity contribution is 0.334. The minimum absolute atomic E-state index is 0.0809. The van der Waals surface area contributed by atoms with Crippen LogP contribution in [0.3, 0.4) is 0 Å². The Morgan fingerprint density at radius 3 is 2.67 bits per heavy atom. The Labute approximate surface area is 108 Å². The van der Waals surface area contributed by atoms with E-state index in [1.165, 1.54) is 5.39 Å². The second-order valence-electron chi connectivity index (χ2n) is 4.32. The van der Waals surface area contributed by atoms with E-state index in [2.05, 4.69) is 18.2 Å². The minimum Gasteiger partial charge on any atom is -0.494 e. The smallest absolute Gasteiger partial charge is 0.124 e. The molecular formula is C15H20N2O. The summed E-state index contributed by atoms with van der Waals surface area (Å²) < 4.78 is 5.69. The summed E-state index contributed by atoms with van der Waals surface area (Å²) in [7, 11) is 0. The molecule has 0 aliphatic heterocycles. The third-order valence-corrected chi connectivity index (χ3v) is 3.08. The summed E-state index contributed by atoms with van der Waals surface area (Å²) in [6.45, 7) is 3.20. The molecule has 0 unspecified atom stereocenters. The highest BCUT2D eigenvalue weighted by Crippen LogP contribution is 2.33. The standard InChI is InChI=1S/C15H20N2O/c1-2-18-14-8-7-11-5-3-4-6-12(11)15(14)13(17)9-10-16/h3-8,13H,2,9-10,16-17H2,1H3/t13-/m0/s1. The van der Waals surface area contributed by atoms with E-state index in [4.69, 9.17) is 16.2 Å². The van der Waals surface area contributed by atoms with Crippen molar-refractivity contribution in [2.45, 2.75) is 19.4 Å². The zero-order valence-electron chi connectivity index (χ0n) is 10.7. The summed E-state index contributed by atoms with van der Waals surface area (Å²) >= 11 is 0. The summed E-state index contributed by atoms with van der Waals surface area (Å²) in [6.07, 6.45) is 0.758. The van der Waals surface area contributed by atoms with Crippen molar-refractivity contribution in [3.63, 3.8) is 0 Å². The molecule has 96 valence electrons. The number of nitrogens with two attached hydrogens (primary N) is 2. The van der Waals surface area contributed by atoms with Crippen molar-refractivity contribution in [3.8, 4) is 5.75 Å². The number of fused-ring (bicyclic) bond motifs is 1. The van der Waals surface area contributed by atoms with Gasteiger partial charge in [-0.3, -0.25) is 0 Å². The molecule has 2 aromatic carbocycles. The van der Waals surface area contributed by atoms with Crippen molar-refractivity contribution in [3.05, 3.63) is 42.0 Å². The van der Waals surface area contributed by atoms with Crippen LogP contribution in [0, 0.1) is 0 Å². The molecule has 0 fully saturated rings. The van der Waals surface area contributed by atoms with Gasteiger partial charge in [-0.25, -0.2) is 0 Å². The van der Waals surface area contributed by atoms with Gasteiger partial charge >= 0.3 is 0 Å². The van der Waals surface area contributed by atoms with Crippen molar-refractivity contribution >= 4 is 10.8 Å². The zero-order chi connectivity index (χ0) is 13.0. The Bertz CT molecular complexity index is 525. The average Bonchev–Trinajstić information content (AvgIpc) is 2.39. The van der Waals surface area contributed by atoms with Crippen molar-refractivity contribution in [1.29, 1.82) is 0 Å². The highest BCUT2D eigenvalue weighted by molar-refractivity contribution is 5.88. The van der Waals surface area contributed by atoms with Crippen LogP contribution in [0.15, 0.2) is 36.4 Å². The molecule has 0 aromatic heterocycles. The molecule has 4 N–H and O–H groups in total. The molecule has 3 nitrogen and oxygen atoms in total. The lowest BCUT2D eigenvalue weighted by atomic mass is 9.96. The summed E-state index contributed by atoms with van der Waals surface area (Å²) in [6, 6.07) is 12.2. The topological polar surface area (TPSA) is 61.3 Å². The van der Waals surface area contributed by atoms with Gasteiger partial charge in [0.25, 0.3) is 0 Å². The highest BCUT2D eigenvalue weighted by Gasteiger charge is 2.15. The second kappa shape index (κ2) is 5.85. The first-order valence-electron chi connectivity index (χ1n) is 6.38. The molecule has 0 bridgehead atoms. The fraction of sp³-hybridized carbons (Fsp3) is 0.333. The first kappa shape index (κ1) is 12.9. The first-order valence-corrected chi connectivity index (χ1v) is 6.38. The van der Waals surface area contributed by atoms with Gasteiger partial charge in [-0.1, -0.05) is 30.3 Å². The number of ether oxygens (including phenoxy) is 1. The Morgan fingerprint density at radius 1 is 1.17 bits per heavy atom. The molecule has 2 aromatic rings. The van der Waals surface area contributed by atoms with E-state index in [1.807, 2.05) is 25.1 Å². The van der Waals surface area contributed by atoms with Crippen LogP contribution >= 0.6 is 0 Å². The van der Waals surface area contributed by atoms with Crippen molar-refractivity contribution < 1.29 is 4.74 Å². The van der Waals surface area contributed by atoms with Crippen LogP contribution in [0.4, 0.5) is 0 Å². The van der Waals surface area contributed by atoms with E-state index in [0.717, 1.165) is 23.1 Å². The predicted molar refractivity (Wildman–Crippen MR) is 75.7 cm³/mol. The quantitative estimate of drug-likeness (QED) is 0.849. The maximum Gasteiger partial charge on any atom is 0.124 e. The van der Waals surface area contributed by atoms with Crippen LogP contribution in [0.25, 0.3) is 10.8 Å². The Hall–Kier alpha value is -1.58. The highest BCUT2D eigenvalue weighted by atomic mass is 16.5. The molecule has 0 amide bonds. The molecule has 0 heterocycles. The molecule has 18 heavy (non-hydrogen) atoms. The van der Waals surface area contributed by atoms with E-state index < -0.39 is 0 Å². The van der Waals surface area contributed by atoms with Gasteiger partial charge in [0.15, 0.2) is 0 Å². The summed E-state index contributed by atoms with van der Waals surface area (Å²) in [5.41, 5.74) is 12.9. The number of hydrogen-bond acceptors (Lipinski definition) is 3. The van der Waals surface area contributed by atoms with Crippen LogP contribution in [0.5, 0.6) is 5.75 Å². The van der Waals surface area contributed by atoms with Gasteiger partial charge < -0.3 is 16.2 Å². The van der Waals surface area contributed by atoms with Crippen molar-refractivity contribution in [2.75, 3.05) is 13.2 Å². The lowest BCUT2D eigenvalue weighted by Gasteiger charge is -2.18. The first-order chi connectivity index (χ1) is 8.77. The Morgan fingerprint density at radius 2 is 1.94 bits per heavy atom. The van der Waals surface area contributed by atoms with Crippen LogP contribution in [-0.2, 0) is 0 Å². The fourth-order valence-electron chi connectivity index (χ4n) is 2.26. The normalized spacial score (nSPS) is 12.6. The van der Waals surface area contributed by atoms with Gasteiger partial charge in [-0.15, -0.1) is 0 Å².